The maximum Gasteiger partial charge on any atom is 0.471 e. The van der Waals surface area contributed by atoms with Crippen molar-refractivity contribution in [1.29, 1.82) is 0 Å². The van der Waals surface area contributed by atoms with Crippen LogP contribution in [0.1, 0.15) is 31.3 Å². The van der Waals surface area contributed by atoms with Crippen molar-refractivity contribution < 1.29 is 27.2 Å². The monoisotopic (exact) mass is 568 g/mol. The number of anilines is 1. The number of amides is 1. The second kappa shape index (κ2) is 9.67. The molecule has 0 radical (unpaired) electrons. The van der Waals surface area contributed by atoms with Gasteiger partial charge < -0.3 is 9.73 Å². The number of furan rings is 1. The van der Waals surface area contributed by atoms with Gasteiger partial charge in [0.1, 0.15) is 5.69 Å². The van der Waals surface area contributed by atoms with Crippen molar-refractivity contribution in [2.45, 2.75) is 26.9 Å². The summed E-state index contributed by atoms with van der Waals surface area (Å²) in [5.74, 6) is -3.33. The largest absolute Gasteiger partial charge is 0.471 e. The van der Waals surface area contributed by atoms with Crippen LogP contribution in [-0.4, -0.2) is 22.9 Å². The molecule has 37 heavy (non-hydrogen) atoms. The zero-order valence-electron chi connectivity index (χ0n) is 19.6. The number of ketones is 1. The molecule has 2 aromatic carbocycles. The predicted molar refractivity (Wildman–Crippen MR) is 138 cm³/mol. The van der Waals surface area contributed by atoms with E-state index >= 15 is 0 Å². The van der Waals surface area contributed by atoms with Crippen molar-refractivity contribution in [1.82, 2.24) is 4.98 Å². The van der Waals surface area contributed by atoms with Crippen LogP contribution in [0.4, 0.5) is 18.9 Å². The van der Waals surface area contributed by atoms with E-state index in [9.17, 15) is 22.8 Å². The highest BCUT2D eigenvalue weighted by Crippen LogP contribution is 2.42. The summed E-state index contributed by atoms with van der Waals surface area (Å²) in [6.07, 6.45) is -5.20. The number of alkyl halides is 3. The fourth-order valence-corrected chi connectivity index (χ4v) is 4.19. The molecule has 0 fully saturated rings. The summed E-state index contributed by atoms with van der Waals surface area (Å²) in [5, 5.41) is 2.92. The fraction of sp³-hybridized carbons (Fsp3) is 0.192. The summed E-state index contributed by atoms with van der Waals surface area (Å²) in [6.45, 7) is 4.72. The third kappa shape index (κ3) is 5.46. The van der Waals surface area contributed by atoms with Crippen molar-refractivity contribution in [3.05, 3.63) is 69.4 Å². The van der Waals surface area contributed by atoms with Gasteiger partial charge in [-0.1, -0.05) is 67.7 Å². The predicted octanol–water partition coefficient (Wildman–Crippen LogP) is 8.85. The highest BCUT2D eigenvalue weighted by atomic mass is 35.5. The van der Waals surface area contributed by atoms with Crippen molar-refractivity contribution in [3.63, 3.8) is 0 Å². The van der Waals surface area contributed by atoms with Crippen LogP contribution < -0.4 is 5.32 Å². The highest BCUT2D eigenvalue weighted by Gasteiger charge is 2.41. The highest BCUT2D eigenvalue weighted by molar-refractivity contribution is 6.36. The Hall–Kier alpha value is -3.07. The average molecular weight is 570 g/mol. The van der Waals surface area contributed by atoms with Crippen LogP contribution in [0.15, 0.2) is 52.9 Å². The molecule has 0 saturated heterocycles. The minimum Gasteiger partial charge on any atom is -0.432 e. The van der Waals surface area contributed by atoms with Gasteiger partial charge in [-0.05, 0) is 42.0 Å². The first-order valence-electron chi connectivity index (χ1n) is 10.8. The number of pyridine rings is 1. The number of hydrogen-bond donors (Lipinski definition) is 1. The van der Waals surface area contributed by atoms with E-state index in [1.54, 1.807) is 57.2 Å². The quantitative estimate of drug-likeness (QED) is 0.249. The van der Waals surface area contributed by atoms with Gasteiger partial charge in [-0.3, -0.25) is 9.59 Å². The van der Waals surface area contributed by atoms with E-state index in [1.165, 1.54) is 12.1 Å². The van der Waals surface area contributed by atoms with Gasteiger partial charge in [0, 0.05) is 26.6 Å². The van der Waals surface area contributed by atoms with Gasteiger partial charge in [-0.15, -0.1) is 0 Å². The molecule has 4 rings (SSSR count). The van der Waals surface area contributed by atoms with Crippen LogP contribution in [0.5, 0.6) is 0 Å². The molecule has 192 valence electrons. The summed E-state index contributed by atoms with van der Waals surface area (Å²) in [7, 11) is 0. The van der Waals surface area contributed by atoms with Crippen molar-refractivity contribution in [3.8, 4) is 22.4 Å². The number of aromatic nitrogens is 1. The molecule has 11 heteroatoms. The fourth-order valence-electron chi connectivity index (χ4n) is 3.57. The molecule has 2 aromatic heterocycles. The standard InChI is InChI=1S/C26H18Cl3F3N2O3/c1-25(2,3)22(35)21-20(34-24(36)26(30,31)32)17-11-16(12-4-6-13(27)7-5-12)19(33-23(17)37-21)15-9-8-14(28)10-18(15)29/h4-11H,1-3H3,(H,34,36). The Bertz CT molecular complexity index is 1540. The van der Waals surface area contributed by atoms with Crippen LogP contribution in [-0.2, 0) is 4.79 Å². The number of nitrogens with one attached hydrogen (secondary N) is 1. The van der Waals surface area contributed by atoms with Gasteiger partial charge in [-0.25, -0.2) is 4.98 Å². The molecular formula is C26H18Cl3F3N2O3. The lowest BCUT2D eigenvalue weighted by molar-refractivity contribution is -0.167. The summed E-state index contributed by atoms with van der Waals surface area (Å²) in [4.78, 5) is 29.6. The first-order valence-corrected chi connectivity index (χ1v) is 11.9. The Morgan fingerprint density at radius 3 is 2.08 bits per heavy atom. The molecule has 0 saturated carbocycles. The number of nitrogens with zero attached hydrogens (tertiary/aromatic N) is 1. The minimum absolute atomic E-state index is 0.00369. The lowest BCUT2D eigenvalue weighted by Gasteiger charge is -2.16. The Balaban J connectivity index is 2.07. The molecule has 0 atom stereocenters. The number of carbonyl (C=O) groups is 2. The number of benzene rings is 2. The third-order valence-corrected chi connectivity index (χ3v) is 6.21. The van der Waals surface area contributed by atoms with Gasteiger partial charge in [0.05, 0.1) is 16.1 Å². The summed E-state index contributed by atoms with van der Waals surface area (Å²) in [6, 6.07) is 12.9. The average Bonchev–Trinajstić information content (AvgIpc) is 3.14. The molecule has 0 bridgehead atoms. The number of hydrogen-bond acceptors (Lipinski definition) is 4. The van der Waals surface area contributed by atoms with Crippen molar-refractivity contribution in [2.24, 2.45) is 5.41 Å². The van der Waals surface area contributed by atoms with Crippen LogP contribution in [0.2, 0.25) is 15.1 Å². The third-order valence-electron chi connectivity index (χ3n) is 5.41. The summed E-state index contributed by atoms with van der Waals surface area (Å²) >= 11 is 18.5. The molecule has 1 N–H and O–H groups in total. The molecule has 0 aliphatic rings. The molecule has 1 amide bonds. The van der Waals surface area contributed by atoms with Crippen molar-refractivity contribution in [2.75, 3.05) is 5.32 Å². The molecule has 0 spiro atoms. The molecule has 0 unspecified atom stereocenters. The summed E-state index contributed by atoms with van der Waals surface area (Å²) in [5.41, 5.74) is 0.182. The minimum atomic E-state index is -5.20. The Kier molecular flexibility index (Phi) is 7.05. The molecule has 0 aliphatic carbocycles. The Morgan fingerprint density at radius 2 is 1.51 bits per heavy atom. The summed E-state index contributed by atoms with van der Waals surface area (Å²) < 4.78 is 45.2. The van der Waals surface area contributed by atoms with E-state index in [1.807, 2.05) is 5.32 Å². The van der Waals surface area contributed by atoms with E-state index in [0.717, 1.165) is 0 Å². The number of rotatable bonds is 4. The van der Waals surface area contributed by atoms with E-state index in [0.29, 0.717) is 32.4 Å². The van der Waals surface area contributed by atoms with Gasteiger partial charge in [-0.2, -0.15) is 13.2 Å². The lowest BCUT2D eigenvalue weighted by atomic mass is 9.88. The zero-order valence-corrected chi connectivity index (χ0v) is 21.8. The second-order valence-corrected chi connectivity index (χ2v) is 10.5. The second-order valence-electron chi connectivity index (χ2n) is 9.21. The van der Waals surface area contributed by atoms with Crippen LogP contribution in [0, 0.1) is 5.41 Å². The lowest BCUT2D eigenvalue weighted by Crippen LogP contribution is -2.31. The van der Waals surface area contributed by atoms with Crippen LogP contribution in [0.3, 0.4) is 0 Å². The maximum absolute atomic E-state index is 13.2. The van der Waals surface area contributed by atoms with Crippen molar-refractivity contribution >= 4 is 63.3 Å². The topological polar surface area (TPSA) is 72.2 Å². The SMILES string of the molecule is CC(C)(C)C(=O)c1oc2nc(-c3ccc(Cl)cc3Cl)c(-c3ccc(Cl)cc3)cc2c1NC(=O)C(F)(F)F. The molecular weight excluding hydrogens is 552 g/mol. The van der Waals surface area contributed by atoms with Gasteiger partial charge in [0.2, 0.25) is 11.5 Å². The normalized spacial score (nSPS) is 12.1. The maximum atomic E-state index is 13.2. The molecule has 5 nitrogen and oxygen atoms in total. The zero-order chi connectivity index (χ0) is 27.3. The van der Waals surface area contributed by atoms with Gasteiger partial charge in [0.25, 0.3) is 0 Å². The van der Waals surface area contributed by atoms with Gasteiger partial charge in [0.15, 0.2) is 5.76 Å². The van der Waals surface area contributed by atoms with E-state index < -0.39 is 34.7 Å². The first kappa shape index (κ1) is 27.0. The van der Waals surface area contributed by atoms with Crippen LogP contribution >= 0.6 is 34.8 Å². The molecule has 0 aliphatic heterocycles. The van der Waals surface area contributed by atoms with E-state index in [2.05, 4.69) is 4.98 Å². The number of halogens is 6. The van der Waals surface area contributed by atoms with Crippen LogP contribution in [0.25, 0.3) is 33.5 Å². The number of Topliss-reactive ketones (excluding diaryl/α,β-unsaturated/α-hetero) is 1. The first-order chi connectivity index (χ1) is 17.2. The van der Waals surface area contributed by atoms with E-state index in [4.69, 9.17) is 39.2 Å². The smallest absolute Gasteiger partial charge is 0.432 e. The van der Waals surface area contributed by atoms with E-state index in [-0.39, 0.29) is 16.1 Å². The number of fused-ring (bicyclic) bond motifs is 1. The Morgan fingerprint density at radius 1 is 0.892 bits per heavy atom. The molecule has 4 aromatic rings. The molecule has 2 heterocycles. The van der Waals surface area contributed by atoms with Gasteiger partial charge >= 0.3 is 12.1 Å². The number of carbonyl (C=O) groups excluding carboxylic acids is 2. The Labute approximate surface area is 224 Å².